The van der Waals surface area contributed by atoms with E-state index in [0.29, 0.717) is 33.6 Å². The molecule has 140 valence electrons. The normalized spacial score (nSPS) is 11.7. The third-order valence-corrected chi connectivity index (χ3v) is 4.63. The molecule has 0 unspecified atom stereocenters. The van der Waals surface area contributed by atoms with E-state index in [-0.39, 0.29) is 11.4 Å². The van der Waals surface area contributed by atoms with Crippen LogP contribution in [0.2, 0.25) is 5.02 Å². The van der Waals surface area contributed by atoms with Gasteiger partial charge in [-0.2, -0.15) is 0 Å². The Kier molecular flexibility index (Phi) is 5.94. The first-order valence-corrected chi connectivity index (χ1v) is 9.14. The van der Waals surface area contributed by atoms with Gasteiger partial charge in [-0.05, 0) is 45.3 Å². The van der Waals surface area contributed by atoms with Gasteiger partial charge in [0.05, 0.1) is 16.3 Å². The quantitative estimate of drug-likeness (QED) is 0.521. The Labute approximate surface area is 163 Å². The minimum Gasteiger partial charge on any atom is -0.494 e. The zero-order valence-electron chi connectivity index (χ0n) is 15.4. The maximum Gasteiger partial charge on any atom is 0.265 e. The van der Waals surface area contributed by atoms with Gasteiger partial charge in [-0.25, -0.2) is 4.57 Å². The largest absolute Gasteiger partial charge is 0.494 e. The molecular weight excluding hydrogens is 362 g/mol. The van der Waals surface area contributed by atoms with E-state index in [1.54, 1.807) is 42.6 Å². The van der Waals surface area contributed by atoms with Gasteiger partial charge in [-0.3, -0.25) is 9.79 Å². The van der Waals surface area contributed by atoms with E-state index in [0.717, 1.165) is 13.0 Å². The van der Waals surface area contributed by atoms with E-state index in [9.17, 15) is 9.90 Å². The van der Waals surface area contributed by atoms with Crippen molar-refractivity contribution in [2.24, 2.45) is 4.99 Å². The van der Waals surface area contributed by atoms with E-state index in [4.69, 9.17) is 11.6 Å². The number of pyridine rings is 1. The maximum atomic E-state index is 13.0. The van der Waals surface area contributed by atoms with E-state index in [2.05, 4.69) is 9.89 Å². The Morgan fingerprint density at radius 3 is 2.48 bits per heavy atom. The number of para-hydroxylation sites is 1. The molecule has 1 heterocycles. The van der Waals surface area contributed by atoms with Gasteiger partial charge in [0.15, 0.2) is 0 Å². The Hall–Kier alpha value is -2.63. The van der Waals surface area contributed by atoms with Crippen LogP contribution in [0.1, 0.15) is 12.0 Å². The van der Waals surface area contributed by atoms with Gasteiger partial charge in [0, 0.05) is 23.5 Å². The van der Waals surface area contributed by atoms with Crippen LogP contribution in [0.25, 0.3) is 16.5 Å². The van der Waals surface area contributed by atoms with Crippen molar-refractivity contribution in [3.05, 3.63) is 69.5 Å². The molecule has 1 aromatic heterocycles. The molecule has 3 aromatic rings. The standard InChI is InChI=1S/C21H22ClN3O2/c1-24(2)13-7-12-23-14-17-15-8-3-4-9-16(15)20(26)25(21(17)27)19-11-6-5-10-18(19)22/h3-6,8-11,14,27H,7,12-13H2,1-2H3. The molecule has 0 radical (unpaired) electrons. The first kappa shape index (κ1) is 19.1. The van der Waals surface area contributed by atoms with Crippen molar-refractivity contribution in [1.29, 1.82) is 0 Å². The molecule has 0 aliphatic heterocycles. The highest BCUT2D eigenvalue weighted by molar-refractivity contribution is 6.32. The number of hydrogen-bond donors (Lipinski definition) is 1. The van der Waals surface area contributed by atoms with E-state index < -0.39 is 0 Å². The van der Waals surface area contributed by atoms with E-state index in [1.807, 2.05) is 26.2 Å². The number of fused-ring (bicyclic) bond motifs is 1. The molecule has 0 atom stereocenters. The van der Waals surface area contributed by atoms with E-state index >= 15 is 0 Å². The third kappa shape index (κ3) is 4.04. The third-order valence-electron chi connectivity index (χ3n) is 4.31. The Morgan fingerprint density at radius 2 is 1.78 bits per heavy atom. The van der Waals surface area contributed by atoms with Crippen LogP contribution < -0.4 is 5.56 Å². The highest BCUT2D eigenvalue weighted by Gasteiger charge is 2.17. The van der Waals surface area contributed by atoms with Gasteiger partial charge in [-0.1, -0.05) is 41.9 Å². The molecule has 0 saturated carbocycles. The Morgan fingerprint density at radius 1 is 1.11 bits per heavy atom. The van der Waals surface area contributed by atoms with Crippen LogP contribution in [-0.2, 0) is 0 Å². The van der Waals surface area contributed by atoms with Gasteiger partial charge in [0.25, 0.3) is 5.56 Å². The lowest BCUT2D eigenvalue weighted by Gasteiger charge is -2.14. The summed E-state index contributed by atoms with van der Waals surface area (Å²) in [5.41, 5.74) is 0.630. The van der Waals surface area contributed by atoms with E-state index in [1.165, 1.54) is 4.57 Å². The van der Waals surface area contributed by atoms with Crippen molar-refractivity contribution in [3.8, 4) is 11.6 Å². The monoisotopic (exact) mass is 383 g/mol. The lowest BCUT2D eigenvalue weighted by atomic mass is 10.1. The second-order valence-electron chi connectivity index (χ2n) is 6.57. The molecule has 3 rings (SSSR count). The molecule has 0 bridgehead atoms. The predicted octanol–water partition coefficient (Wildman–Crippen LogP) is 3.72. The minimum atomic E-state index is -0.319. The molecule has 0 aliphatic rings. The number of aromatic hydroxyl groups is 1. The van der Waals surface area contributed by atoms with Crippen molar-refractivity contribution in [2.45, 2.75) is 6.42 Å². The molecular formula is C21H22ClN3O2. The predicted molar refractivity (Wildman–Crippen MR) is 112 cm³/mol. The lowest BCUT2D eigenvalue weighted by Crippen LogP contribution is -2.20. The summed E-state index contributed by atoms with van der Waals surface area (Å²) in [6, 6.07) is 14.1. The smallest absolute Gasteiger partial charge is 0.265 e. The summed E-state index contributed by atoms with van der Waals surface area (Å²) in [5, 5.41) is 12.5. The number of benzene rings is 2. The number of aromatic nitrogens is 1. The Balaban J connectivity index is 2.14. The highest BCUT2D eigenvalue weighted by Crippen LogP contribution is 2.28. The van der Waals surface area contributed by atoms with Crippen LogP contribution in [-0.4, -0.2) is 48.0 Å². The molecule has 5 nitrogen and oxygen atoms in total. The fraction of sp³-hybridized carbons (Fsp3) is 0.238. The van der Waals surface area contributed by atoms with Gasteiger partial charge in [0.1, 0.15) is 0 Å². The summed E-state index contributed by atoms with van der Waals surface area (Å²) in [4.78, 5) is 19.5. The van der Waals surface area contributed by atoms with Gasteiger partial charge >= 0.3 is 0 Å². The number of halogens is 1. The van der Waals surface area contributed by atoms with Crippen molar-refractivity contribution in [1.82, 2.24) is 9.47 Å². The first-order valence-electron chi connectivity index (χ1n) is 8.77. The molecule has 6 heteroatoms. The van der Waals surface area contributed by atoms with Gasteiger partial charge < -0.3 is 10.0 Å². The molecule has 0 amide bonds. The van der Waals surface area contributed by atoms with Gasteiger partial charge in [-0.15, -0.1) is 0 Å². The second kappa shape index (κ2) is 8.37. The molecule has 2 aromatic carbocycles. The maximum absolute atomic E-state index is 13.0. The SMILES string of the molecule is CN(C)CCCN=Cc1c(O)n(-c2ccccc2Cl)c(=O)c2ccccc12. The van der Waals surface area contributed by atoms with Gasteiger partial charge in [0.2, 0.25) is 5.88 Å². The van der Waals surface area contributed by atoms with Crippen molar-refractivity contribution >= 4 is 28.6 Å². The number of aliphatic imine (C=N–C) groups is 1. The molecule has 0 spiro atoms. The minimum absolute atomic E-state index is 0.164. The molecule has 0 saturated heterocycles. The Bertz CT molecular complexity index is 1040. The zero-order chi connectivity index (χ0) is 19.4. The second-order valence-corrected chi connectivity index (χ2v) is 6.97. The average Bonchev–Trinajstić information content (AvgIpc) is 2.65. The number of hydrogen-bond acceptors (Lipinski definition) is 4. The summed E-state index contributed by atoms with van der Waals surface area (Å²) in [7, 11) is 4.03. The van der Waals surface area contributed by atoms with Crippen LogP contribution in [0, 0.1) is 0 Å². The molecule has 1 N–H and O–H groups in total. The van der Waals surface area contributed by atoms with Crippen LogP contribution in [0.15, 0.2) is 58.3 Å². The summed E-state index contributed by atoms with van der Waals surface area (Å²) < 4.78 is 1.24. The number of rotatable bonds is 6. The van der Waals surface area contributed by atoms with Crippen LogP contribution in [0.5, 0.6) is 5.88 Å². The fourth-order valence-electron chi connectivity index (χ4n) is 2.98. The lowest BCUT2D eigenvalue weighted by molar-refractivity contribution is 0.403. The topological polar surface area (TPSA) is 57.8 Å². The number of nitrogens with zero attached hydrogens (tertiary/aromatic N) is 3. The highest BCUT2D eigenvalue weighted by atomic mass is 35.5. The summed E-state index contributed by atoms with van der Waals surface area (Å²) in [6.45, 7) is 1.57. The summed E-state index contributed by atoms with van der Waals surface area (Å²) in [5.74, 6) is -0.164. The fourth-order valence-corrected chi connectivity index (χ4v) is 3.20. The van der Waals surface area contributed by atoms with Crippen molar-refractivity contribution in [2.75, 3.05) is 27.2 Å². The van der Waals surface area contributed by atoms with Crippen LogP contribution in [0.4, 0.5) is 0 Å². The zero-order valence-corrected chi connectivity index (χ0v) is 16.1. The van der Waals surface area contributed by atoms with Crippen molar-refractivity contribution < 1.29 is 5.11 Å². The first-order chi connectivity index (χ1) is 13.0. The summed E-state index contributed by atoms with van der Waals surface area (Å²) >= 11 is 6.27. The summed E-state index contributed by atoms with van der Waals surface area (Å²) in [6.07, 6.45) is 2.55. The molecule has 27 heavy (non-hydrogen) atoms. The molecule has 0 aliphatic carbocycles. The molecule has 0 fully saturated rings. The van der Waals surface area contributed by atoms with Crippen molar-refractivity contribution in [3.63, 3.8) is 0 Å². The van der Waals surface area contributed by atoms with Crippen LogP contribution in [0.3, 0.4) is 0 Å². The average molecular weight is 384 g/mol. The van der Waals surface area contributed by atoms with Crippen LogP contribution >= 0.6 is 11.6 Å².